The van der Waals surface area contributed by atoms with Crippen LogP contribution in [0.5, 0.6) is 5.75 Å². The van der Waals surface area contributed by atoms with Crippen LogP contribution in [0.25, 0.3) is 5.69 Å². The van der Waals surface area contributed by atoms with E-state index in [4.69, 9.17) is 4.74 Å². The number of hydrogen-bond acceptors (Lipinski definition) is 3. The van der Waals surface area contributed by atoms with E-state index in [1.54, 1.807) is 11.8 Å². The lowest BCUT2D eigenvalue weighted by Crippen LogP contribution is -2.05. The summed E-state index contributed by atoms with van der Waals surface area (Å²) in [5.74, 6) is -0.136. The number of benzene rings is 1. The van der Waals surface area contributed by atoms with E-state index in [0.717, 1.165) is 47.5 Å². The first-order chi connectivity index (χ1) is 9.61. The van der Waals surface area contributed by atoms with Crippen LogP contribution >= 0.6 is 0 Å². The molecule has 104 valence electrons. The number of fused-ring (bicyclic) bond motifs is 1. The van der Waals surface area contributed by atoms with Crippen LogP contribution in [-0.4, -0.2) is 28.0 Å². The molecule has 1 N–H and O–H groups in total. The zero-order chi connectivity index (χ0) is 14.3. The van der Waals surface area contributed by atoms with Crippen LogP contribution in [-0.2, 0) is 12.8 Å². The molecule has 5 heteroatoms. The lowest BCUT2D eigenvalue weighted by molar-refractivity contribution is 0.0689. The van der Waals surface area contributed by atoms with Gasteiger partial charge in [-0.05, 0) is 49.9 Å². The summed E-state index contributed by atoms with van der Waals surface area (Å²) in [4.78, 5) is 11.3. The standard InChI is InChI=1S/C15H16N2O3/c1-9-8-10(6-7-13(9)20-2)17-12-5-3-4-11(12)14(16-17)15(18)19/h6-8H,3-5H2,1-2H3,(H,18,19). The number of rotatable bonds is 3. The Hall–Kier alpha value is -2.30. The Morgan fingerprint density at radius 3 is 2.85 bits per heavy atom. The summed E-state index contributed by atoms with van der Waals surface area (Å²) in [6, 6.07) is 5.76. The van der Waals surface area contributed by atoms with E-state index in [1.165, 1.54) is 0 Å². The van der Waals surface area contributed by atoms with E-state index in [9.17, 15) is 9.90 Å². The van der Waals surface area contributed by atoms with Crippen molar-refractivity contribution >= 4 is 5.97 Å². The third-order valence-corrected chi connectivity index (χ3v) is 3.76. The summed E-state index contributed by atoms with van der Waals surface area (Å²) in [6.07, 6.45) is 2.66. The number of carboxylic acids is 1. The topological polar surface area (TPSA) is 64.4 Å². The van der Waals surface area contributed by atoms with E-state index in [1.807, 2.05) is 25.1 Å². The molecule has 20 heavy (non-hydrogen) atoms. The molecule has 1 heterocycles. The van der Waals surface area contributed by atoms with Gasteiger partial charge in [0, 0.05) is 11.3 Å². The minimum atomic E-state index is -0.952. The molecule has 0 radical (unpaired) electrons. The largest absolute Gasteiger partial charge is 0.496 e. The first-order valence-corrected chi connectivity index (χ1v) is 6.61. The first-order valence-electron chi connectivity index (χ1n) is 6.61. The summed E-state index contributed by atoms with van der Waals surface area (Å²) in [6.45, 7) is 1.96. The SMILES string of the molecule is COc1ccc(-n2nc(C(=O)O)c3c2CCC3)cc1C. The predicted octanol–water partition coefficient (Wildman–Crippen LogP) is 2.38. The van der Waals surface area contributed by atoms with Gasteiger partial charge in [0.05, 0.1) is 12.8 Å². The number of aromatic nitrogens is 2. The van der Waals surface area contributed by atoms with E-state index < -0.39 is 5.97 Å². The number of nitrogens with zero attached hydrogens (tertiary/aromatic N) is 2. The molecule has 1 aliphatic rings. The molecule has 2 aromatic rings. The Bertz CT molecular complexity index is 689. The Morgan fingerprint density at radius 1 is 1.40 bits per heavy atom. The molecular weight excluding hydrogens is 256 g/mol. The minimum absolute atomic E-state index is 0.186. The molecule has 3 rings (SSSR count). The van der Waals surface area contributed by atoms with Crippen molar-refractivity contribution in [2.24, 2.45) is 0 Å². The second-order valence-electron chi connectivity index (χ2n) is 5.00. The summed E-state index contributed by atoms with van der Waals surface area (Å²) in [5, 5.41) is 13.5. The van der Waals surface area contributed by atoms with Gasteiger partial charge in [-0.25, -0.2) is 9.48 Å². The summed E-state index contributed by atoms with van der Waals surface area (Å²) < 4.78 is 7.01. The van der Waals surface area contributed by atoms with Crippen molar-refractivity contribution in [1.82, 2.24) is 9.78 Å². The van der Waals surface area contributed by atoms with Crippen LogP contribution in [0.15, 0.2) is 18.2 Å². The highest BCUT2D eigenvalue weighted by Crippen LogP contribution is 2.29. The van der Waals surface area contributed by atoms with Gasteiger partial charge >= 0.3 is 5.97 Å². The smallest absolute Gasteiger partial charge is 0.356 e. The second-order valence-corrected chi connectivity index (χ2v) is 5.00. The van der Waals surface area contributed by atoms with Gasteiger partial charge in [-0.2, -0.15) is 5.10 Å². The number of aryl methyl sites for hydroxylation is 1. The number of hydrogen-bond donors (Lipinski definition) is 1. The van der Waals surface area contributed by atoms with E-state index in [2.05, 4.69) is 5.10 Å². The molecule has 0 aliphatic heterocycles. The van der Waals surface area contributed by atoms with Gasteiger partial charge in [-0.1, -0.05) is 0 Å². The van der Waals surface area contributed by atoms with Crippen molar-refractivity contribution in [3.05, 3.63) is 40.7 Å². The minimum Gasteiger partial charge on any atom is -0.496 e. The molecule has 0 saturated carbocycles. The van der Waals surface area contributed by atoms with Gasteiger partial charge in [0.25, 0.3) is 0 Å². The molecule has 0 amide bonds. The van der Waals surface area contributed by atoms with Crippen molar-refractivity contribution in [2.45, 2.75) is 26.2 Å². The van der Waals surface area contributed by atoms with E-state index in [-0.39, 0.29) is 5.69 Å². The maximum atomic E-state index is 11.3. The molecule has 1 aliphatic carbocycles. The van der Waals surface area contributed by atoms with Crippen molar-refractivity contribution in [2.75, 3.05) is 7.11 Å². The van der Waals surface area contributed by atoms with Crippen LogP contribution in [0.3, 0.4) is 0 Å². The highest BCUT2D eigenvalue weighted by Gasteiger charge is 2.26. The molecule has 0 saturated heterocycles. The molecule has 5 nitrogen and oxygen atoms in total. The maximum Gasteiger partial charge on any atom is 0.356 e. The summed E-state index contributed by atoms with van der Waals surface area (Å²) >= 11 is 0. The first kappa shape index (κ1) is 12.7. The second kappa shape index (κ2) is 4.67. The third-order valence-electron chi connectivity index (χ3n) is 3.76. The van der Waals surface area contributed by atoms with Crippen LogP contribution in [0.1, 0.15) is 33.7 Å². The van der Waals surface area contributed by atoms with E-state index >= 15 is 0 Å². The Balaban J connectivity index is 2.13. The van der Waals surface area contributed by atoms with Crippen LogP contribution < -0.4 is 4.74 Å². The Kier molecular flexibility index (Phi) is 2.97. The fourth-order valence-corrected chi connectivity index (χ4v) is 2.82. The molecule has 0 unspecified atom stereocenters. The molecule has 1 aromatic carbocycles. The number of ether oxygens (including phenoxy) is 1. The molecular formula is C15H16N2O3. The zero-order valence-electron chi connectivity index (χ0n) is 11.5. The Morgan fingerprint density at radius 2 is 2.20 bits per heavy atom. The average Bonchev–Trinajstić information content (AvgIpc) is 2.99. The fraction of sp³-hybridized carbons (Fsp3) is 0.333. The predicted molar refractivity (Wildman–Crippen MR) is 73.8 cm³/mol. The number of carboxylic acid groups (broad SMARTS) is 1. The van der Waals surface area contributed by atoms with Crippen molar-refractivity contribution in [3.63, 3.8) is 0 Å². The van der Waals surface area contributed by atoms with Crippen LogP contribution in [0.4, 0.5) is 0 Å². The number of carbonyl (C=O) groups is 1. The molecule has 0 spiro atoms. The highest BCUT2D eigenvalue weighted by molar-refractivity contribution is 5.87. The van der Waals surface area contributed by atoms with Gasteiger partial charge in [0.2, 0.25) is 0 Å². The Labute approximate surface area is 116 Å². The molecule has 1 aromatic heterocycles. The molecule has 0 fully saturated rings. The summed E-state index contributed by atoms with van der Waals surface area (Å²) in [7, 11) is 1.64. The highest BCUT2D eigenvalue weighted by atomic mass is 16.5. The van der Waals surface area contributed by atoms with E-state index in [0.29, 0.717) is 0 Å². The fourth-order valence-electron chi connectivity index (χ4n) is 2.82. The van der Waals surface area contributed by atoms with Crippen molar-refractivity contribution in [1.29, 1.82) is 0 Å². The van der Waals surface area contributed by atoms with Crippen LogP contribution in [0.2, 0.25) is 0 Å². The third kappa shape index (κ3) is 1.86. The lowest BCUT2D eigenvalue weighted by atomic mass is 10.2. The zero-order valence-corrected chi connectivity index (χ0v) is 11.5. The average molecular weight is 272 g/mol. The monoisotopic (exact) mass is 272 g/mol. The molecule has 0 bridgehead atoms. The van der Waals surface area contributed by atoms with Crippen molar-refractivity contribution in [3.8, 4) is 11.4 Å². The van der Waals surface area contributed by atoms with Crippen LogP contribution in [0, 0.1) is 6.92 Å². The van der Waals surface area contributed by atoms with Gasteiger partial charge in [0.15, 0.2) is 5.69 Å². The summed E-state index contributed by atoms with van der Waals surface area (Å²) in [5.41, 5.74) is 3.97. The molecule has 0 atom stereocenters. The number of methoxy groups -OCH3 is 1. The van der Waals surface area contributed by atoms with Gasteiger partial charge in [-0.3, -0.25) is 0 Å². The number of aromatic carboxylic acids is 1. The van der Waals surface area contributed by atoms with Crippen molar-refractivity contribution < 1.29 is 14.6 Å². The quantitative estimate of drug-likeness (QED) is 0.931. The van der Waals surface area contributed by atoms with Gasteiger partial charge < -0.3 is 9.84 Å². The lowest BCUT2D eigenvalue weighted by Gasteiger charge is -2.09. The normalized spacial score (nSPS) is 13.3. The van der Waals surface area contributed by atoms with Gasteiger partial charge in [-0.15, -0.1) is 0 Å². The van der Waals surface area contributed by atoms with Gasteiger partial charge in [0.1, 0.15) is 5.75 Å². The maximum absolute atomic E-state index is 11.3.